The third kappa shape index (κ3) is 3.74. The van der Waals surface area contributed by atoms with Crippen molar-refractivity contribution in [1.82, 2.24) is 0 Å². The summed E-state index contributed by atoms with van der Waals surface area (Å²) in [7, 11) is 0. The predicted molar refractivity (Wildman–Crippen MR) is 70.3 cm³/mol. The molecule has 0 saturated carbocycles. The molecule has 0 aliphatic rings. The van der Waals surface area contributed by atoms with E-state index < -0.39 is 0 Å². The Bertz CT molecular complexity index is 379. The van der Waals surface area contributed by atoms with Crippen LogP contribution in [0, 0.1) is 0 Å². The molecule has 0 aliphatic heterocycles. The molecule has 86 valence electrons. The molecule has 0 amide bonds. The highest BCUT2D eigenvalue weighted by atomic mass is 35.5. The number of allylic oxidation sites excluding steroid dienone is 2. The van der Waals surface area contributed by atoms with Crippen LogP contribution in [0.25, 0.3) is 5.57 Å². The number of rotatable bonds is 5. The molecular formula is C14H17ClO. The molecule has 1 nitrogen and oxygen atoms in total. The Labute approximate surface area is 102 Å². The number of hydrogen-bond acceptors (Lipinski definition) is 1. The fraction of sp³-hybridized carbons (Fsp3) is 0.286. The Morgan fingerprint density at radius 3 is 2.44 bits per heavy atom. The second-order valence-corrected chi connectivity index (χ2v) is 4.03. The van der Waals surface area contributed by atoms with Gasteiger partial charge in [-0.15, -0.1) is 0 Å². The third-order valence-corrected chi connectivity index (χ3v) is 2.45. The minimum absolute atomic E-state index is 0.469. The van der Waals surface area contributed by atoms with Gasteiger partial charge in [0.1, 0.15) is 0 Å². The summed E-state index contributed by atoms with van der Waals surface area (Å²) in [6, 6.07) is 10.0. The van der Waals surface area contributed by atoms with Crippen LogP contribution in [0.4, 0.5) is 0 Å². The van der Waals surface area contributed by atoms with Crippen molar-refractivity contribution >= 4 is 17.2 Å². The van der Waals surface area contributed by atoms with Crippen LogP contribution in [-0.2, 0) is 4.74 Å². The van der Waals surface area contributed by atoms with Crippen LogP contribution in [0.15, 0.2) is 47.7 Å². The lowest BCUT2D eigenvalue weighted by atomic mass is 10.0. The highest BCUT2D eigenvalue weighted by molar-refractivity contribution is 6.31. The Morgan fingerprint density at radius 1 is 1.31 bits per heavy atom. The molecule has 0 unspecified atom stereocenters. The van der Waals surface area contributed by atoms with E-state index in [0.717, 1.165) is 23.1 Å². The monoisotopic (exact) mass is 236 g/mol. The molecule has 0 spiro atoms. The lowest BCUT2D eigenvalue weighted by molar-refractivity contribution is 0.256. The van der Waals surface area contributed by atoms with Crippen molar-refractivity contribution in [2.45, 2.75) is 20.3 Å². The zero-order chi connectivity index (χ0) is 12.0. The van der Waals surface area contributed by atoms with E-state index in [1.165, 1.54) is 0 Å². The first kappa shape index (κ1) is 12.9. The maximum absolute atomic E-state index is 6.14. The van der Waals surface area contributed by atoms with Crippen molar-refractivity contribution in [3.8, 4) is 0 Å². The van der Waals surface area contributed by atoms with E-state index in [-0.39, 0.29) is 0 Å². The van der Waals surface area contributed by atoms with Gasteiger partial charge in [0.25, 0.3) is 0 Å². The molecule has 0 N–H and O–H groups in total. The van der Waals surface area contributed by atoms with Crippen LogP contribution >= 0.6 is 11.6 Å². The second kappa shape index (κ2) is 6.39. The smallest absolute Gasteiger partial charge is 0.191 e. The molecule has 0 atom stereocenters. The summed E-state index contributed by atoms with van der Waals surface area (Å²) in [6.07, 6.45) is 0.739. The Hall–Kier alpha value is -1.21. The van der Waals surface area contributed by atoms with E-state index in [4.69, 9.17) is 16.3 Å². The summed E-state index contributed by atoms with van der Waals surface area (Å²) in [5.74, 6) is 0. The van der Waals surface area contributed by atoms with E-state index in [0.29, 0.717) is 11.8 Å². The van der Waals surface area contributed by atoms with E-state index in [1.807, 2.05) is 44.2 Å². The van der Waals surface area contributed by atoms with E-state index in [1.54, 1.807) is 0 Å². The lowest BCUT2D eigenvalue weighted by Crippen LogP contribution is -1.93. The molecule has 1 rings (SSSR count). The average Bonchev–Trinajstić information content (AvgIpc) is 2.27. The molecule has 0 aliphatic carbocycles. The maximum Gasteiger partial charge on any atom is 0.191 e. The van der Waals surface area contributed by atoms with E-state index in [9.17, 15) is 0 Å². The predicted octanol–water partition coefficient (Wildman–Crippen LogP) is 4.60. The van der Waals surface area contributed by atoms with Gasteiger partial charge in [0, 0.05) is 5.57 Å². The van der Waals surface area contributed by atoms with Gasteiger partial charge in [-0.25, -0.2) is 0 Å². The molecule has 0 heterocycles. The van der Waals surface area contributed by atoms with E-state index in [2.05, 4.69) is 6.58 Å². The van der Waals surface area contributed by atoms with Crippen LogP contribution in [0.3, 0.4) is 0 Å². The van der Waals surface area contributed by atoms with Gasteiger partial charge >= 0.3 is 0 Å². The second-order valence-electron chi connectivity index (χ2n) is 3.69. The number of halogens is 1. The van der Waals surface area contributed by atoms with Crippen molar-refractivity contribution < 1.29 is 4.74 Å². The summed E-state index contributed by atoms with van der Waals surface area (Å²) in [4.78, 5) is 0. The van der Waals surface area contributed by atoms with Gasteiger partial charge in [-0.1, -0.05) is 42.5 Å². The number of hydrogen-bond donors (Lipinski definition) is 0. The molecule has 0 saturated heterocycles. The van der Waals surface area contributed by atoms with Crippen LogP contribution in [0.1, 0.15) is 25.8 Å². The van der Waals surface area contributed by atoms with Gasteiger partial charge in [0.2, 0.25) is 0 Å². The van der Waals surface area contributed by atoms with Crippen molar-refractivity contribution in [1.29, 1.82) is 0 Å². The first-order valence-corrected chi connectivity index (χ1v) is 5.74. The summed E-state index contributed by atoms with van der Waals surface area (Å²) in [6.45, 7) is 8.40. The minimum Gasteiger partial charge on any atom is -0.483 e. The maximum atomic E-state index is 6.14. The van der Waals surface area contributed by atoms with Crippen LogP contribution in [0.2, 0.25) is 0 Å². The SMILES string of the molecule is C=C(C)C/C(=C(\Cl)OCC)c1ccccc1. The average molecular weight is 237 g/mol. The summed E-state index contributed by atoms with van der Waals surface area (Å²) < 4.78 is 5.36. The van der Waals surface area contributed by atoms with Crippen LogP contribution in [0.5, 0.6) is 0 Å². The minimum atomic E-state index is 0.469. The Kier molecular flexibility index (Phi) is 5.13. The molecular weight excluding hydrogens is 220 g/mol. The third-order valence-electron chi connectivity index (χ3n) is 2.11. The zero-order valence-electron chi connectivity index (χ0n) is 9.79. The largest absolute Gasteiger partial charge is 0.483 e. The fourth-order valence-corrected chi connectivity index (χ4v) is 1.73. The normalized spacial score (nSPS) is 11.9. The molecule has 0 bridgehead atoms. The van der Waals surface area contributed by atoms with Crippen molar-refractivity contribution in [2.24, 2.45) is 0 Å². The molecule has 1 aromatic carbocycles. The van der Waals surface area contributed by atoms with Crippen LogP contribution in [-0.4, -0.2) is 6.61 Å². The van der Waals surface area contributed by atoms with E-state index >= 15 is 0 Å². The van der Waals surface area contributed by atoms with Gasteiger partial charge in [0.15, 0.2) is 5.22 Å². The van der Waals surface area contributed by atoms with Crippen molar-refractivity contribution in [3.63, 3.8) is 0 Å². The van der Waals surface area contributed by atoms with Gasteiger partial charge in [0.05, 0.1) is 6.61 Å². The molecule has 0 fully saturated rings. The van der Waals surface area contributed by atoms with Gasteiger partial charge in [-0.3, -0.25) is 0 Å². The van der Waals surface area contributed by atoms with Gasteiger partial charge < -0.3 is 4.74 Å². The molecule has 1 aromatic rings. The molecule has 0 radical (unpaired) electrons. The summed E-state index contributed by atoms with van der Waals surface area (Å²) in [5.41, 5.74) is 3.15. The first-order chi connectivity index (χ1) is 7.65. The standard InChI is InChI=1S/C14H17ClO/c1-4-16-14(15)13(10-11(2)3)12-8-6-5-7-9-12/h5-9H,2,4,10H2,1,3H3/b14-13-. The molecule has 16 heavy (non-hydrogen) atoms. The fourth-order valence-electron chi connectivity index (χ4n) is 1.44. The topological polar surface area (TPSA) is 9.23 Å². The number of ether oxygens (including phenoxy) is 1. The van der Waals surface area contributed by atoms with Gasteiger partial charge in [-0.05, 0) is 37.4 Å². The highest BCUT2D eigenvalue weighted by Crippen LogP contribution is 2.27. The summed E-state index contributed by atoms with van der Waals surface area (Å²) >= 11 is 6.14. The summed E-state index contributed by atoms with van der Waals surface area (Å²) in [5, 5.41) is 0.469. The quantitative estimate of drug-likeness (QED) is 0.537. The van der Waals surface area contributed by atoms with Gasteiger partial charge in [-0.2, -0.15) is 0 Å². The van der Waals surface area contributed by atoms with Crippen LogP contribution < -0.4 is 0 Å². The molecule has 2 heteroatoms. The highest BCUT2D eigenvalue weighted by Gasteiger charge is 2.08. The Morgan fingerprint density at radius 2 is 1.94 bits per heavy atom. The van der Waals surface area contributed by atoms with Crippen molar-refractivity contribution in [3.05, 3.63) is 53.3 Å². The Balaban J connectivity index is 3.05. The lowest BCUT2D eigenvalue weighted by Gasteiger charge is -2.11. The number of benzene rings is 1. The zero-order valence-corrected chi connectivity index (χ0v) is 10.6. The molecule has 0 aromatic heterocycles. The van der Waals surface area contributed by atoms with Crippen molar-refractivity contribution in [2.75, 3.05) is 6.61 Å². The first-order valence-electron chi connectivity index (χ1n) is 5.36.